The molecule has 0 bridgehead atoms. The molecule has 0 atom stereocenters. The number of carbonyl (C=O) groups excluding carboxylic acids is 1. The Morgan fingerprint density at radius 3 is 2.43 bits per heavy atom. The molecule has 0 aromatic carbocycles. The molecule has 0 saturated heterocycles. The van der Waals surface area contributed by atoms with Crippen molar-refractivity contribution in [2.45, 2.75) is 6.43 Å². The van der Waals surface area contributed by atoms with Crippen LogP contribution in [0.2, 0.25) is 0 Å². The Kier molecular flexibility index (Phi) is 3.18. The number of rotatable bonds is 3. The highest BCUT2D eigenvalue weighted by Gasteiger charge is 1.97. The van der Waals surface area contributed by atoms with Gasteiger partial charge in [0.1, 0.15) is 0 Å². The highest BCUT2D eigenvalue weighted by atomic mass is 19.3. The van der Waals surface area contributed by atoms with Crippen LogP contribution in [0.25, 0.3) is 0 Å². The van der Waals surface area contributed by atoms with Crippen molar-refractivity contribution in [1.29, 1.82) is 0 Å². The van der Waals surface area contributed by atoms with Crippen molar-refractivity contribution in [2.24, 2.45) is 0 Å². The molecule has 1 N–H and O–H groups in total. The minimum atomic E-state index is -2.47. The van der Waals surface area contributed by atoms with Crippen molar-refractivity contribution in [3.05, 3.63) is 0 Å². The minimum Gasteiger partial charge on any atom is -0.342 e. The fourth-order valence-electron chi connectivity index (χ4n) is 0.119. The highest BCUT2D eigenvalue weighted by molar-refractivity contribution is 5.46. The average molecular weight is 108 g/mol. The standard InChI is InChI=1S/C3H4F2NO/c4-3(5)1-6-2-7/h3H,1H2,(H,6,7). The van der Waals surface area contributed by atoms with E-state index >= 15 is 0 Å². The second-order valence-corrected chi connectivity index (χ2v) is 0.874. The maximum Gasteiger partial charge on any atom is 0.309 e. The van der Waals surface area contributed by atoms with E-state index in [1.807, 2.05) is 0 Å². The Morgan fingerprint density at radius 2 is 2.29 bits per heavy atom. The molecule has 0 aromatic rings. The molecule has 0 unspecified atom stereocenters. The molecule has 0 saturated carbocycles. The SMILES string of the molecule is O=[C]NCC(F)F. The molecular formula is C3H4F2NO. The van der Waals surface area contributed by atoms with E-state index in [4.69, 9.17) is 4.79 Å². The van der Waals surface area contributed by atoms with Crippen molar-refractivity contribution in [2.75, 3.05) is 6.54 Å². The number of hydrogen-bond acceptors (Lipinski definition) is 1. The highest BCUT2D eigenvalue weighted by Crippen LogP contribution is 1.85. The van der Waals surface area contributed by atoms with E-state index < -0.39 is 13.0 Å². The van der Waals surface area contributed by atoms with E-state index in [1.54, 1.807) is 5.32 Å². The molecule has 0 rings (SSSR count). The summed E-state index contributed by atoms with van der Waals surface area (Å²) in [6.45, 7) is -0.608. The molecule has 4 heteroatoms. The van der Waals surface area contributed by atoms with Crippen LogP contribution >= 0.6 is 0 Å². The Bertz CT molecular complexity index is 56.9. The molecule has 0 aliphatic heterocycles. The minimum absolute atomic E-state index is 0.608. The van der Waals surface area contributed by atoms with Gasteiger partial charge in [-0.1, -0.05) is 0 Å². The van der Waals surface area contributed by atoms with E-state index in [1.165, 1.54) is 0 Å². The van der Waals surface area contributed by atoms with Gasteiger partial charge in [0.2, 0.25) is 0 Å². The normalized spacial score (nSPS) is 9.00. The van der Waals surface area contributed by atoms with Gasteiger partial charge in [0.05, 0.1) is 6.54 Å². The van der Waals surface area contributed by atoms with Crippen LogP contribution in [-0.4, -0.2) is 19.4 Å². The maximum absolute atomic E-state index is 11.0. The predicted molar refractivity (Wildman–Crippen MR) is 19.7 cm³/mol. The third kappa shape index (κ3) is 5.33. The smallest absolute Gasteiger partial charge is 0.309 e. The molecule has 0 heterocycles. The molecule has 0 aliphatic carbocycles. The number of alkyl halides is 2. The first-order chi connectivity index (χ1) is 3.27. The lowest BCUT2D eigenvalue weighted by Gasteiger charge is -1.90. The summed E-state index contributed by atoms with van der Waals surface area (Å²) < 4.78 is 22.0. The summed E-state index contributed by atoms with van der Waals surface area (Å²) in [4.78, 5) is 9.14. The topological polar surface area (TPSA) is 29.1 Å². The average Bonchev–Trinajstić information content (AvgIpc) is 1.61. The van der Waals surface area contributed by atoms with E-state index in [9.17, 15) is 8.78 Å². The van der Waals surface area contributed by atoms with Crippen LogP contribution in [0.15, 0.2) is 0 Å². The van der Waals surface area contributed by atoms with Crippen LogP contribution < -0.4 is 5.32 Å². The molecule has 41 valence electrons. The van der Waals surface area contributed by atoms with E-state index in [0.29, 0.717) is 0 Å². The number of amides is 1. The summed E-state index contributed by atoms with van der Waals surface area (Å²) in [6, 6.07) is 0. The molecule has 2 nitrogen and oxygen atoms in total. The van der Waals surface area contributed by atoms with E-state index in [-0.39, 0.29) is 0 Å². The molecule has 0 aliphatic rings. The Hall–Kier alpha value is -0.670. The van der Waals surface area contributed by atoms with Gasteiger partial charge in [-0.2, -0.15) is 0 Å². The van der Waals surface area contributed by atoms with Crippen molar-refractivity contribution < 1.29 is 13.6 Å². The summed E-state index contributed by atoms with van der Waals surface area (Å²) in [5.41, 5.74) is 0. The van der Waals surface area contributed by atoms with Gasteiger partial charge in [-0.25, -0.2) is 8.78 Å². The van der Waals surface area contributed by atoms with Gasteiger partial charge in [0.15, 0.2) is 0 Å². The fourth-order valence-corrected chi connectivity index (χ4v) is 0.119. The molecular weight excluding hydrogens is 104 g/mol. The lowest BCUT2D eigenvalue weighted by atomic mass is 10.7. The first-order valence-electron chi connectivity index (χ1n) is 1.65. The lowest BCUT2D eigenvalue weighted by molar-refractivity contribution is 0.152. The predicted octanol–water partition coefficient (Wildman–Crippen LogP) is -0.0917. The van der Waals surface area contributed by atoms with Crippen LogP contribution in [-0.2, 0) is 4.79 Å². The zero-order valence-electron chi connectivity index (χ0n) is 3.45. The molecule has 1 amide bonds. The first-order valence-corrected chi connectivity index (χ1v) is 1.65. The molecule has 0 aromatic heterocycles. The van der Waals surface area contributed by atoms with E-state index in [0.717, 1.165) is 6.41 Å². The van der Waals surface area contributed by atoms with Gasteiger partial charge in [0.25, 0.3) is 6.43 Å². The maximum atomic E-state index is 11.0. The van der Waals surface area contributed by atoms with Crippen molar-refractivity contribution in [3.8, 4) is 0 Å². The summed E-state index contributed by atoms with van der Waals surface area (Å²) in [7, 11) is 0. The monoisotopic (exact) mass is 108 g/mol. The number of nitrogens with one attached hydrogen (secondary N) is 1. The van der Waals surface area contributed by atoms with Gasteiger partial charge in [-0.3, -0.25) is 4.79 Å². The van der Waals surface area contributed by atoms with Gasteiger partial charge >= 0.3 is 6.41 Å². The van der Waals surface area contributed by atoms with Crippen molar-refractivity contribution in [1.82, 2.24) is 5.32 Å². The fraction of sp³-hybridized carbons (Fsp3) is 0.667. The summed E-state index contributed by atoms with van der Waals surface area (Å²) in [5.74, 6) is 0. The van der Waals surface area contributed by atoms with Crippen molar-refractivity contribution >= 4 is 6.41 Å². The Morgan fingerprint density at radius 1 is 1.71 bits per heavy atom. The van der Waals surface area contributed by atoms with Gasteiger partial charge in [-0.15, -0.1) is 0 Å². The second kappa shape index (κ2) is 3.52. The third-order valence-corrected chi connectivity index (χ3v) is 0.329. The molecule has 7 heavy (non-hydrogen) atoms. The largest absolute Gasteiger partial charge is 0.342 e. The summed E-state index contributed by atoms with van der Waals surface area (Å²) in [6.07, 6.45) is -1.35. The molecule has 1 radical (unpaired) electrons. The molecule has 0 fully saturated rings. The summed E-state index contributed by atoms with van der Waals surface area (Å²) >= 11 is 0. The number of halogens is 2. The summed E-state index contributed by atoms with van der Waals surface area (Å²) in [5, 5.41) is 1.69. The van der Waals surface area contributed by atoms with Crippen LogP contribution in [0, 0.1) is 0 Å². The number of hydrogen-bond donors (Lipinski definition) is 1. The quantitative estimate of drug-likeness (QED) is 0.503. The third-order valence-electron chi connectivity index (χ3n) is 0.329. The molecule has 0 spiro atoms. The van der Waals surface area contributed by atoms with Crippen LogP contribution in [0.1, 0.15) is 0 Å². The van der Waals surface area contributed by atoms with Crippen molar-refractivity contribution in [3.63, 3.8) is 0 Å². The van der Waals surface area contributed by atoms with Crippen LogP contribution in [0.4, 0.5) is 8.78 Å². The Balaban J connectivity index is 2.81. The zero-order chi connectivity index (χ0) is 5.70. The zero-order valence-corrected chi connectivity index (χ0v) is 3.45. The van der Waals surface area contributed by atoms with E-state index in [2.05, 4.69) is 0 Å². The lowest BCUT2D eigenvalue weighted by Crippen LogP contribution is -2.18. The second-order valence-electron chi connectivity index (χ2n) is 0.874. The van der Waals surface area contributed by atoms with Gasteiger partial charge in [-0.05, 0) is 0 Å². The van der Waals surface area contributed by atoms with Gasteiger partial charge in [0, 0.05) is 0 Å². The van der Waals surface area contributed by atoms with Gasteiger partial charge < -0.3 is 5.32 Å². The van der Waals surface area contributed by atoms with Crippen LogP contribution in [0.5, 0.6) is 0 Å². The van der Waals surface area contributed by atoms with Crippen LogP contribution in [0.3, 0.4) is 0 Å². The Labute approximate surface area is 39.5 Å². The first kappa shape index (κ1) is 6.33.